The second-order valence-electron chi connectivity index (χ2n) is 28.8. The summed E-state index contributed by atoms with van der Waals surface area (Å²) in [7, 11) is 0. The van der Waals surface area contributed by atoms with Gasteiger partial charge in [0.05, 0.1) is 0 Å². The van der Waals surface area contributed by atoms with Crippen LogP contribution in [0.4, 0.5) is 0 Å². The molecule has 19 aromatic carbocycles. The highest BCUT2D eigenvalue weighted by molar-refractivity contribution is 6.28. The van der Waals surface area contributed by atoms with Crippen LogP contribution in [0, 0.1) is 23.7 Å². The molecule has 0 saturated heterocycles. The van der Waals surface area contributed by atoms with Gasteiger partial charge in [-0.3, -0.25) is 0 Å². The van der Waals surface area contributed by atoms with Crippen LogP contribution in [0.1, 0.15) is 83.1 Å². The van der Waals surface area contributed by atoms with Crippen molar-refractivity contribution in [2.45, 2.75) is 83.1 Å². The van der Waals surface area contributed by atoms with Gasteiger partial charge in [-0.25, -0.2) is 0 Å². The van der Waals surface area contributed by atoms with Crippen LogP contribution in [0.2, 0.25) is 0 Å². The molecule has 0 atom stereocenters. The van der Waals surface area contributed by atoms with Crippen LogP contribution >= 0.6 is 0 Å². The highest BCUT2D eigenvalue weighted by Gasteiger charge is 2.15. The number of rotatable bonds is 3. The van der Waals surface area contributed by atoms with Gasteiger partial charge < -0.3 is 0 Å². The lowest BCUT2D eigenvalue weighted by molar-refractivity contribution is 0.736. The second-order valence-corrected chi connectivity index (χ2v) is 28.8. The summed E-state index contributed by atoms with van der Waals surface area (Å²) >= 11 is 0. The molecule has 0 heteroatoms. The molecule has 0 radical (unpaired) electrons. The minimum absolute atomic E-state index is 0.833. The summed E-state index contributed by atoms with van der Waals surface area (Å²) in [6.45, 7) is 26.0. The van der Waals surface area contributed by atoms with Gasteiger partial charge in [0.1, 0.15) is 0 Å². The Morgan fingerprint density at radius 2 is 0.357 bits per heavy atom. The molecule has 98 heavy (non-hydrogen) atoms. The Hall–Kier alpha value is -10.7. The molecule has 0 fully saturated rings. The molecule has 19 rings (SSSR count). The Balaban J connectivity index is 0.000000116. The molecular weight excluding hydrogens is 1180 g/mol. The zero-order valence-corrected chi connectivity index (χ0v) is 59.3. The SMILES string of the molecule is CC(C)C.CC(C)C.CC(C)C.CC(C)C.c1cc2ccc3cccc4ccc(c1)c2c34.c1ccc(-c2cc3ccc4cccc5ccc(c2)c3c45)cc1.c1ccc(-c2cc3cccc4ccc5cccc2c5c43)cc1.c1ccc(-c2ccc3ccc4cccc5ccc2c3c45)cc1. The quantitative estimate of drug-likeness (QED) is 0.155. The van der Waals surface area contributed by atoms with Crippen molar-refractivity contribution in [1.82, 2.24) is 0 Å². The van der Waals surface area contributed by atoms with E-state index in [2.05, 4.69) is 399 Å². The van der Waals surface area contributed by atoms with E-state index in [9.17, 15) is 0 Å². The number of hydrogen-bond acceptors (Lipinski definition) is 0. The molecule has 19 aromatic rings. The van der Waals surface area contributed by atoms with Gasteiger partial charge >= 0.3 is 0 Å². The molecule has 0 bridgehead atoms. The van der Waals surface area contributed by atoms with Gasteiger partial charge in [0.15, 0.2) is 0 Å². The van der Waals surface area contributed by atoms with E-state index in [4.69, 9.17) is 0 Å². The molecular formula is C98H92. The van der Waals surface area contributed by atoms with Gasteiger partial charge in [-0.1, -0.05) is 380 Å². The summed E-state index contributed by atoms with van der Waals surface area (Å²) in [4.78, 5) is 0. The van der Waals surface area contributed by atoms with Gasteiger partial charge in [0.25, 0.3) is 0 Å². The Morgan fingerprint density at radius 1 is 0.143 bits per heavy atom. The standard InChI is InChI=1S/3C22H14.C16H10.4C4H10/c1-2-6-15(7-3-1)20-14-18-10-4-8-16-12-13-17-9-5-11-19(20)22(17)21(16)18;1-2-5-15(6-3-1)20-13-18-11-9-16-7-4-8-17-10-12-19(14-20)22(18)21(16)17;1-2-5-15(6-3-1)19-13-11-18-10-9-16-7-4-8-17-12-14-20(19)22(18)21(16)17;1-3-11-7-9-13-5-2-6-14-10-8-12(4-1)15(11)16(13)14;4*1-4(2)3/h3*1-14H;1-10H;4*4H,1-3H3. The van der Waals surface area contributed by atoms with E-state index in [-0.39, 0.29) is 0 Å². The van der Waals surface area contributed by atoms with E-state index in [1.807, 2.05) is 0 Å². The van der Waals surface area contributed by atoms with Crippen molar-refractivity contribution in [3.05, 3.63) is 315 Å². The first-order chi connectivity index (χ1) is 47.6. The van der Waals surface area contributed by atoms with E-state index in [1.165, 1.54) is 163 Å². The minimum Gasteiger partial charge on any atom is -0.0630 e. The van der Waals surface area contributed by atoms with E-state index in [0.29, 0.717) is 0 Å². The van der Waals surface area contributed by atoms with Crippen molar-refractivity contribution in [3.63, 3.8) is 0 Å². The maximum Gasteiger partial charge on any atom is -0.00206 e. The van der Waals surface area contributed by atoms with Gasteiger partial charge in [0.2, 0.25) is 0 Å². The summed E-state index contributed by atoms with van der Waals surface area (Å²) in [5.74, 6) is 3.33. The van der Waals surface area contributed by atoms with Gasteiger partial charge in [-0.2, -0.15) is 0 Å². The minimum atomic E-state index is 0.833. The lowest BCUT2D eigenvalue weighted by atomic mass is 9.89. The largest absolute Gasteiger partial charge is 0.0630 e. The predicted molar refractivity (Wildman–Crippen MR) is 439 cm³/mol. The molecule has 0 saturated carbocycles. The van der Waals surface area contributed by atoms with Crippen LogP contribution < -0.4 is 0 Å². The summed E-state index contributed by atoms with van der Waals surface area (Å²) in [6.07, 6.45) is 0. The van der Waals surface area contributed by atoms with Crippen molar-refractivity contribution in [2.24, 2.45) is 23.7 Å². The van der Waals surface area contributed by atoms with E-state index >= 15 is 0 Å². The zero-order valence-electron chi connectivity index (χ0n) is 59.3. The summed E-state index contributed by atoms with van der Waals surface area (Å²) < 4.78 is 0. The Labute approximate surface area is 581 Å². The third-order valence-corrected chi connectivity index (χ3v) is 17.2. The van der Waals surface area contributed by atoms with Crippen LogP contribution in [-0.4, -0.2) is 0 Å². The first kappa shape index (κ1) is 67.3. The Morgan fingerprint density at radius 3 is 0.714 bits per heavy atom. The van der Waals surface area contributed by atoms with Crippen molar-refractivity contribution in [3.8, 4) is 33.4 Å². The maximum absolute atomic E-state index is 2.33. The van der Waals surface area contributed by atoms with Gasteiger partial charge in [-0.15, -0.1) is 0 Å². The van der Waals surface area contributed by atoms with Crippen LogP contribution in [0.3, 0.4) is 0 Å². The molecule has 0 aliphatic rings. The van der Waals surface area contributed by atoms with Crippen molar-refractivity contribution < 1.29 is 0 Å². The van der Waals surface area contributed by atoms with Crippen LogP contribution in [-0.2, 0) is 0 Å². The molecule has 0 aromatic heterocycles. The van der Waals surface area contributed by atoms with Crippen molar-refractivity contribution >= 4 is 129 Å². The molecule has 0 aliphatic carbocycles. The Bertz CT molecular complexity index is 5420. The molecule has 0 amide bonds. The Kier molecular flexibility index (Phi) is 21.0. The van der Waals surface area contributed by atoms with Crippen LogP contribution in [0.5, 0.6) is 0 Å². The second kappa shape index (κ2) is 30.6. The topological polar surface area (TPSA) is 0 Å². The molecule has 484 valence electrons. The van der Waals surface area contributed by atoms with Crippen LogP contribution in [0.25, 0.3) is 163 Å². The van der Waals surface area contributed by atoms with Gasteiger partial charge in [0, 0.05) is 0 Å². The molecule has 0 aliphatic heterocycles. The summed E-state index contributed by atoms with van der Waals surface area (Å²) in [5, 5.41) is 32.3. The average molecular weight is 1270 g/mol. The lowest BCUT2D eigenvalue weighted by Crippen LogP contribution is -1.87. The molecule has 0 nitrogen and oxygen atoms in total. The lowest BCUT2D eigenvalue weighted by Gasteiger charge is -2.14. The van der Waals surface area contributed by atoms with E-state index in [0.717, 1.165) is 23.7 Å². The first-order valence-electron chi connectivity index (χ1n) is 35.4. The third kappa shape index (κ3) is 15.0. The summed E-state index contributed by atoms with van der Waals surface area (Å²) in [6, 6.07) is 114. The number of benzene rings is 19. The van der Waals surface area contributed by atoms with Crippen LogP contribution in [0.15, 0.2) is 315 Å². The average Bonchev–Trinajstić information content (AvgIpc) is 0.778. The molecule has 0 heterocycles. The van der Waals surface area contributed by atoms with E-state index in [1.54, 1.807) is 0 Å². The summed E-state index contributed by atoms with van der Waals surface area (Å²) in [5.41, 5.74) is 7.74. The fourth-order valence-corrected chi connectivity index (χ4v) is 13.4. The number of hydrogen-bond donors (Lipinski definition) is 0. The monoisotopic (exact) mass is 1270 g/mol. The zero-order chi connectivity index (χ0) is 68.4. The van der Waals surface area contributed by atoms with Crippen molar-refractivity contribution in [1.29, 1.82) is 0 Å². The predicted octanol–water partition coefficient (Wildman–Crippen LogP) is 30.0. The first-order valence-corrected chi connectivity index (χ1v) is 35.4. The highest BCUT2D eigenvalue weighted by atomic mass is 14.2. The fraction of sp³-hybridized carbons (Fsp3) is 0.163. The fourth-order valence-electron chi connectivity index (χ4n) is 13.4. The van der Waals surface area contributed by atoms with Gasteiger partial charge in [-0.05, 0) is 205 Å². The smallest absolute Gasteiger partial charge is 0.00206 e. The highest BCUT2D eigenvalue weighted by Crippen LogP contribution is 2.43. The maximum atomic E-state index is 2.33. The molecule has 0 spiro atoms. The molecule has 0 N–H and O–H groups in total. The van der Waals surface area contributed by atoms with Crippen molar-refractivity contribution in [2.75, 3.05) is 0 Å². The third-order valence-electron chi connectivity index (χ3n) is 17.2. The molecule has 0 unspecified atom stereocenters. The van der Waals surface area contributed by atoms with E-state index < -0.39 is 0 Å². The normalized spacial score (nSPS) is 11.2.